The van der Waals surface area contributed by atoms with Gasteiger partial charge in [-0.2, -0.15) is 0 Å². The molecule has 0 radical (unpaired) electrons. The zero-order valence-corrected chi connectivity index (χ0v) is 12.2. The van der Waals surface area contributed by atoms with Crippen LogP contribution in [0.5, 0.6) is 0 Å². The van der Waals surface area contributed by atoms with Gasteiger partial charge >= 0.3 is 0 Å². The van der Waals surface area contributed by atoms with Crippen molar-refractivity contribution in [3.63, 3.8) is 0 Å². The molecule has 3 nitrogen and oxygen atoms in total. The summed E-state index contributed by atoms with van der Waals surface area (Å²) in [6, 6.07) is 0.0792. The van der Waals surface area contributed by atoms with Crippen LogP contribution in [0.1, 0.15) is 47.0 Å². The number of hydrogen-bond donors (Lipinski definition) is 1. The first-order chi connectivity index (χ1) is 7.62. The second kappa shape index (κ2) is 5.11. The highest BCUT2D eigenvalue weighted by atomic mass is 32.2. The molecule has 0 saturated heterocycles. The summed E-state index contributed by atoms with van der Waals surface area (Å²) >= 11 is 0. The van der Waals surface area contributed by atoms with E-state index in [0.29, 0.717) is 6.42 Å². The Morgan fingerprint density at radius 1 is 1.47 bits per heavy atom. The summed E-state index contributed by atoms with van der Waals surface area (Å²) in [6.07, 6.45) is 4.64. The highest BCUT2D eigenvalue weighted by Gasteiger charge is 2.27. The normalized spacial score (nSPS) is 24.8. The van der Waals surface area contributed by atoms with Crippen LogP contribution in [0.25, 0.3) is 0 Å². The van der Waals surface area contributed by atoms with Crippen LogP contribution in [0.2, 0.25) is 0 Å². The lowest BCUT2D eigenvalue weighted by molar-refractivity contribution is 0.299. The third-order valence-electron chi connectivity index (χ3n) is 3.37. The Hall–Kier alpha value is -0.350. The third kappa shape index (κ3) is 4.43. The lowest BCUT2D eigenvalue weighted by Gasteiger charge is -2.33. The van der Waals surface area contributed by atoms with Gasteiger partial charge in [0.1, 0.15) is 0 Å². The van der Waals surface area contributed by atoms with Gasteiger partial charge in [-0.25, -0.2) is 8.42 Å². The Morgan fingerprint density at radius 3 is 2.53 bits per heavy atom. The summed E-state index contributed by atoms with van der Waals surface area (Å²) in [5, 5.41) is -0.284. The maximum absolute atomic E-state index is 11.8. The molecule has 2 N–H and O–H groups in total. The van der Waals surface area contributed by atoms with Gasteiger partial charge in [0, 0.05) is 6.04 Å². The van der Waals surface area contributed by atoms with E-state index in [1.54, 1.807) is 13.8 Å². The summed E-state index contributed by atoms with van der Waals surface area (Å²) in [4.78, 5) is 0. The van der Waals surface area contributed by atoms with Crippen LogP contribution >= 0.6 is 0 Å². The molecule has 1 rings (SSSR count). The quantitative estimate of drug-likeness (QED) is 0.788. The van der Waals surface area contributed by atoms with Gasteiger partial charge in [-0.1, -0.05) is 25.5 Å². The first-order valence-electron chi connectivity index (χ1n) is 6.29. The highest BCUT2D eigenvalue weighted by Crippen LogP contribution is 2.36. The fourth-order valence-corrected chi connectivity index (χ4v) is 3.44. The zero-order chi connectivity index (χ0) is 13.3. The second-order valence-corrected chi connectivity index (χ2v) is 8.88. The fraction of sp³-hybridized carbons (Fsp3) is 0.846. The molecule has 0 bridgehead atoms. The Balaban J connectivity index is 2.65. The van der Waals surface area contributed by atoms with Gasteiger partial charge in [-0.05, 0) is 38.5 Å². The molecule has 0 aromatic carbocycles. The van der Waals surface area contributed by atoms with Crippen molar-refractivity contribution < 1.29 is 8.42 Å². The molecule has 0 saturated carbocycles. The molecule has 0 amide bonds. The Kier molecular flexibility index (Phi) is 4.42. The molecule has 1 aliphatic carbocycles. The van der Waals surface area contributed by atoms with E-state index in [0.717, 1.165) is 12.8 Å². The number of rotatable bonds is 4. The summed E-state index contributed by atoms with van der Waals surface area (Å²) in [7, 11) is -2.93. The van der Waals surface area contributed by atoms with Gasteiger partial charge in [-0.15, -0.1) is 0 Å². The average molecular weight is 259 g/mol. The molecule has 0 aliphatic heterocycles. The fourth-order valence-electron chi connectivity index (χ4n) is 2.43. The van der Waals surface area contributed by atoms with E-state index in [1.165, 1.54) is 5.57 Å². The summed E-state index contributed by atoms with van der Waals surface area (Å²) in [5.74, 6) is 0.249. The number of sulfone groups is 1. The van der Waals surface area contributed by atoms with E-state index in [-0.39, 0.29) is 22.5 Å². The second-order valence-electron chi connectivity index (χ2n) is 6.20. The Labute approximate surface area is 105 Å². The monoisotopic (exact) mass is 259 g/mol. The van der Waals surface area contributed by atoms with E-state index in [9.17, 15) is 8.42 Å². The standard InChI is InChI=1S/C13H25NO2S/c1-10(2)17(15,16)6-5-11-7-12(14)9-13(3,4)8-11/h7,10,12H,5-6,8-9,14H2,1-4H3. The largest absolute Gasteiger partial charge is 0.324 e. The van der Waals surface area contributed by atoms with E-state index in [4.69, 9.17) is 5.73 Å². The maximum atomic E-state index is 11.8. The first kappa shape index (κ1) is 14.7. The lowest BCUT2D eigenvalue weighted by Crippen LogP contribution is -2.31. The minimum atomic E-state index is -2.93. The zero-order valence-electron chi connectivity index (χ0n) is 11.4. The molecule has 1 aliphatic rings. The summed E-state index contributed by atoms with van der Waals surface area (Å²) in [6.45, 7) is 7.86. The van der Waals surface area contributed by atoms with Crippen LogP contribution < -0.4 is 5.73 Å². The first-order valence-corrected chi connectivity index (χ1v) is 8.01. The van der Waals surface area contributed by atoms with Gasteiger partial charge in [0.2, 0.25) is 0 Å². The molecular formula is C13H25NO2S. The van der Waals surface area contributed by atoms with Crippen LogP contribution in [-0.2, 0) is 9.84 Å². The minimum Gasteiger partial charge on any atom is -0.324 e. The summed E-state index contributed by atoms with van der Waals surface area (Å²) < 4.78 is 23.5. The SMILES string of the molecule is CC(C)S(=O)(=O)CCC1=CC(N)CC(C)(C)C1. The maximum Gasteiger partial charge on any atom is 0.152 e. The van der Waals surface area contributed by atoms with Crippen LogP contribution in [0, 0.1) is 5.41 Å². The Bertz CT molecular complexity index is 394. The van der Waals surface area contributed by atoms with E-state index in [1.807, 2.05) is 0 Å². The van der Waals surface area contributed by atoms with Crippen molar-refractivity contribution in [2.24, 2.45) is 11.1 Å². The van der Waals surface area contributed by atoms with Crippen molar-refractivity contribution in [1.29, 1.82) is 0 Å². The van der Waals surface area contributed by atoms with E-state index >= 15 is 0 Å². The van der Waals surface area contributed by atoms with Gasteiger partial charge in [0.15, 0.2) is 9.84 Å². The molecule has 0 spiro atoms. The van der Waals surface area contributed by atoms with Crippen molar-refractivity contribution in [3.05, 3.63) is 11.6 Å². The molecule has 1 unspecified atom stereocenters. The predicted molar refractivity (Wildman–Crippen MR) is 72.6 cm³/mol. The molecule has 0 aromatic heterocycles. The molecule has 1 atom stereocenters. The van der Waals surface area contributed by atoms with Crippen LogP contribution in [0.3, 0.4) is 0 Å². The molecule has 0 fully saturated rings. The van der Waals surface area contributed by atoms with E-state index in [2.05, 4.69) is 19.9 Å². The minimum absolute atomic E-state index is 0.0792. The van der Waals surface area contributed by atoms with Gasteiger partial charge in [0.25, 0.3) is 0 Å². The average Bonchev–Trinajstić information content (AvgIpc) is 2.11. The van der Waals surface area contributed by atoms with E-state index < -0.39 is 9.84 Å². The third-order valence-corrected chi connectivity index (χ3v) is 5.58. The molecule has 100 valence electrons. The Morgan fingerprint density at radius 2 is 2.06 bits per heavy atom. The highest BCUT2D eigenvalue weighted by molar-refractivity contribution is 7.91. The van der Waals surface area contributed by atoms with Gasteiger partial charge in [0.05, 0.1) is 11.0 Å². The predicted octanol–water partition coefficient (Wildman–Crippen LogP) is 2.27. The van der Waals surface area contributed by atoms with Crippen molar-refractivity contribution in [1.82, 2.24) is 0 Å². The van der Waals surface area contributed by atoms with Crippen molar-refractivity contribution in [2.75, 3.05) is 5.75 Å². The van der Waals surface area contributed by atoms with Crippen LogP contribution in [0.15, 0.2) is 11.6 Å². The van der Waals surface area contributed by atoms with Crippen LogP contribution in [-0.4, -0.2) is 25.5 Å². The molecule has 17 heavy (non-hydrogen) atoms. The van der Waals surface area contributed by atoms with Crippen molar-refractivity contribution >= 4 is 9.84 Å². The molecule has 0 heterocycles. The van der Waals surface area contributed by atoms with Gasteiger partial charge < -0.3 is 5.73 Å². The van der Waals surface area contributed by atoms with Crippen molar-refractivity contribution in [3.8, 4) is 0 Å². The number of hydrogen-bond acceptors (Lipinski definition) is 3. The smallest absolute Gasteiger partial charge is 0.152 e. The van der Waals surface area contributed by atoms with Gasteiger partial charge in [-0.3, -0.25) is 0 Å². The molecule has 4 heteroatoms. The number of allylic oxidation sites excluding steroid dienone is 1. The topological polar surface area (TPSA) is 60.2 Å². The molecule has 0 aromatic rings. The molecular weight excluding hydrogens is 234 g/mol. The summed E-state index contributed by atoms with van der Waals surface area (Å²) in [5.41, 5.74) is 7.38. The van der Waals surface area contributed by atoms with Crippen molar-refractivity contribution in [2.45, 2.75) is 58.2 Å². The van der Waals surface area contributed by atoms with Crippen LogP contribution in [0.4, 0.5) is 0 Å². The number of nitrogens with two attached hydrogens (primary N) is 1. The lowest BCUT2D eigenvalue weighted by atomic mass is 9.75.